The molecule has 6 heteroatoms. The molecule has 1 aliphatic carbocycles. The molecule has 56 heavy (non-hydrogen) atoms. The largest absolute Gasteiger partial charge is 0.286 e. The fourth-order valence-corrected chi connectivity index (χ4v) is 8.76. The fraction of sp³-hybridized carbons (Fsp3) is 0.160. The van der Waals surface area contributed by atoms with Gasteiger partial charge >= 0.3 is 0 Å². The second-order valence-corrected chi connectivity index (χ2v) is 15.1. The van der Waals surface area contributed by atoms with Gasteiger partial charge in [-0.2, -0.15) is 0 Å². The lowest BCUT2D eigenvalue weighted by molar-refractivity contribution is -0.213. The maximum atomic E-state index is 14.9. The van der Waals surface area contributed by atoms with E-state index in [-0.39, 0.29) is 0 Å². The second-order valence-electron chi connectivity index (χ2n) is 15.1. The van der Waals surface area contributed by atoms with E-state index in [2.05, 4.69) is 0 Å². The van der Waals surface area contributed by atoms with Crippen molar-refractivity contribution in [1.82, 2.24) is 10.1 Å². The van der Waals surface area contributed by atoms with Gasteiger partial charge in [-0.15, -0.1) is 0 Å². The van der Waals surface area contributed by atoms with Gasteiger partial charge in [0.05, 0.1) is 23.9 Å². The third-order valence-corrected chi connectivity index (χ3v) is 11.7. The standard InChI is InChI=1S/C50H42N2O4/c53-49(47(41-25-21-33-11-1-5-15-37(33)29-41)42-26-22-34-12-2-6-16-38(34)30-42)51(55)45-19-9-10-20-46(45)52(56)50(54)48(43-27-23-35-13-3-7-17-39(35)31-43)44-28-24-36-14-4-8-18-40(36)32-44/h1-8,11-18,21-32,45-48,55-56H,9-10,19-20H2/t45-,46-/m1/s1. The van der Waals surface area contributed by atoms with E-state index in [0.717, 1.165) is 88.3 Å². The Balaban J connectivity index is 1.08. The first-order valence-corrected chi connectivity index (χ1v) is 19.4. The molecule has 2 amide bonds. The Labute approximate surface area is 325 Å². The average Bonchev–Trinajstić information content (AvgIpc) is 3.25. The smallest absolute Gasteiger partial charge is 0.258 e. The first kappa shape index (κ1) is 35.4. The van der Waals surface area contributed by atoms with E-state index in [4.69, 9.17) is 0 Å². The molecule has 2 N–H and O–H groups in total. The van der Waals surface area contributed by atoms with Gasteiger partial charge in [-0.05, 0) is 78.2 Å². The average molecular weight is 735 g/mol. The molecule has 0 aromatic heterocycles. The molecular formula is C50H42N2O4. The zero-order chi connectivity index (χ0) is 38.2. The van der Waals surface area contributed by atoms with Crippen LogP contribution < -0.4 is 0 Å². The summed E-state index contributed by atoms with van der Waals surface area (Å²) in [6, 6.07) is 54.3. The minimum atomic E-state index is -0.831. The molecule has 9 rings (SSSR count). The number of amides is 2. The summed E-state index contributed by atoms with van der Waals surface area (Å²) in [7, 11) is 0. The first-order chi connectivity index (χ1) is 27.4. The lowest BCUT2D eigenvalue weighted by Crippen LogP contribution is -2.56. The number of carbonyl (C=O) groups is 2. The van der Waals surface area contributed by atoms with Crippen molar-refractivity contribution in [3.63, 3.8) is 0 Å². The molecule has 6 nitrogen and oxygen atoms in total. The fourth-order valence-electron chi connectivity index (χ4n) is 8.76. The number of rotatable bonds is 8. The van der Waals surface area contributed by atoms with Gasteiger partial charge in [-0.3, -0.25) is 20.0 Å². The molecule has 1 fully saturated rings. The molecule has 8 aromatic rings. The summed E-state index contributed by atoms with van der Waals surface area (Å²) in [5.41, 5.74) is 3.00. The molecule has 1 aliphatic rings. The molecule has 0 spiro atoms. The van der Waals surface area contributed by atoms with Gasteiger partial charge in [0.15, 0.2) is 0 Å². The van der Waals surface area contributed by atoms with Crippen molar-refractivity contribution in [2.75, 3.05) is 0 Å². The number of fused-ring (bicyclic) bond motifs is 4. The number of hydroxylamine groups is 4. The van der Waals surface area contributed by atoms with Crippen LogP contribution in [0.1, 0.15) is 59.8 Å². The first-order valence-electron chi connectivity index (χ1n) is 19.4. The van der Waals surface area contributed by atoms with Gasteiger partial charge in [-0.25, -0.2) is 10.1 Å². The summed E-state index contributed by atoms with van der Waals surface area (Å²) in [5, 5.41) is 34.0. The molecule has 0 radical (unpaired) electrons. The van der Waals surface area contributed by atoms with Crippen molar-refractivity contribution in [2.24, 2.45) is 0 Å². The predicted molar refractivity (Wildman–Crippen MR) is 223 cm³/mol. The van der Waals surface area contributed by atoms with Crippen LogP contribution in [0.4, 0.5) is 0 Å². The van der Waals surface area contributed by atoms with Gasteiger partial charge in [0.2, 0.25) is 0 Å². The molecule has 8 aromatic carbocycles. The topological polar surface area (TPSA) is 81.1 Å². The zero-order valence-electron chi connectivity index (χ0n) is 30.9. The number of hydrogen-bond donors (Lipinski definition) is 2. The van der Waals surface area contributed by atoms with E-state index in [1.54, 1.807) is 0 Å². The van der Waals surface area contributed by atoms with E-state index in [1.807, 2.05) is 170 Å². The minimum Gasteiger partial charge on any atom is -0.286 e. The van der Waals surface area contributed by atoms with E-state index >= 15 is 0 Å². The molecule has 0 aliphatic heterocycles. The lowest BCUT2D eigenvalue weighted by atomic mass is 9.84. The van der Waals surface area contributed by atoms with Crippen LogP contribution in [0.2, 0.25) is 0 Å². The van der Waals surface area contributed by atoms with Gasteiger partial charge in [0.1, 0.15) is 0 Å². The summed E-state index contributed by atoms with van der Waals surface area (Å²) < 4.78 is 0. The van der Waals surface area contributed by atoms with E-state index in [0.29, 0.717) is 12.8 Å². The summed E-state index contributed by atoms with van der Waals surface area (Å²) in [4.78, 5) is 29.7. The Morgan fingerprint density at radius 2 is 0.643 bits per heavy atom. The SMILES string of the molecule is O=C(C(c1ccc2ccccc2c1)c1ccc2ccccc2c1)N(O)[C@@H]1CCCC[C@H]1N(O)C(=O)C(c1ccc2ccccc2c1)c1ccc2ccccc2c1. The molecule has 0 unspecified atom stereocenters. The van der Waals surface area contributed by atoms with Crippen LogP contribution in [0.5, 0.6) is 0 Å². The van der Waals surface area contributed by atoms with Crippen LogP contribution in [0.15, 0.2) is 170 Å². The highest BCUT2D eigenvalue weighted by atomic mass is 16.5. The molecule has 0 saturated heterocycles. The Kier molecular flexibility index (Phi) is 9.51. The predicted octanol–water partition coefficient (Wildman–Crippen LogP) is 11.0. The quantitative estimate of drug-likeness (QED) is 0.120. The number of hydrogen-bond acceptors (Lipinski definition) is 4. The van der Waals surface area contributed by atoms with Crippen molar-refractivity contribution in [1.29, 1.82) is 0 Å². The molecule has 0 heterocycles. The third-order valence-electron chi connectivity index (χ3n) is 11.7. The van der Waals surface area contributed by atoms with Gasteiger partial charge in [0.25, 0.3) is 11.8 Å². The van der Waals surface area contributed by atoms with Crippen molar-refractivity contribution >= 4 is 54.9 Å². The Hall–Kier alpha value is -6.34. The highest BCUT2D eigenvalue weighted by Gasteiger charge is 2.42. The van der Waals surface area contributed by atoms with Crippen LogP contribution in [0.3, 0.4) is 0 Å². The van der Waals surface area contributed by atoms with E-state index in [1.165, 1.54) is 0 Å². The lowest BCUT2D eigenvalue weighted by Gasteiger charge is -2.41. The van der Waals surface area contributed by atoms with Crippen LogP contribution >= 0.6 is 0 Å². The summed E-state index contributed by atoms with van der Waals surface area (Å²) in [6.07, 6.45) is 2.33. The number of benzene rings is 8. The Morgan fingerprint density at radius 1 is 0.393 bits per heavy atom. The third kappa shape index (κ3) is 6.68. The summed E-state index contributed by atoms with van der Waals surface area (Å²) in [6.45, 7) is 0. The molecule has 2 atom stereocenters. The van der Waals surface area contributed by atoms with Crippen LogP contribution in [-0.2, 0) is 9.59 Å². The van der Waals surface area contributed by atoms with Gasteiger partial charge in [-0.1, -0.05) is 183 Å². The minimum absolute atomic E-state index is 0.427. The van der Waals surface area contributed by atoms with Crippen molar-refractivity contribution < 1.29 is 20.0 Å². The maximum Gasteiger partial charge on any atom is 0.258 e. The Morgan fingerprint density at radius 3 is 0.911 bits per heavy atom. The van der Waals surface area contributed by atoms with Gasteiger partial charge in [0, 0.05) is 0 Å². The summed E-state index contributed by atoms with van der Waals surface area (Å²) in [5.74, 6) is -2.67. The molecule has 276 valence electrons. The zero-order valence-corrected chi connectivity index (χ0v) is 30.9. The van der Waals surface area contributed by atoms with Crippen molar-refractivity contribution in [3.8, 4) is 0 Å². The maximum absolute atomic E-state index is 14.9. The highest BCUT2D eigenvalue weighted by Crippen LogP contribution is 2.37. The van der Waals surface area contributed by atoms with Crippen LogP contribution in [-0.4, -0.2) is 44.4 Å². The van der Waals surface area contributed by atoms with Crippen LogP contribution in [0, 0.1) is 0 Å². The molecular weight excluding hydrogens is 693 g/mol. The highest BCUT2D eigenvalue weighted by molar-refractivity contribution is 5.94. The van der Waals surface area contributed by atoms with Crippen LogP contribution in [0.25, 0.3) is 43.1 Å². The van der Waals surface area contributed by atoms with E-state index < -0.39 is 35.7 Å². The Bertz CT molecular complexity index is 2400. The number of carbonyl (C=O) groups excluding carboxylic acids is 2. The normalized spacial score (nSPS) is 15.9. The monoisotopic (exact) mass is 734 g/mol. The second kappa shape index (κ2) is 15.1. The summed E-state index contributed by atoms with van der Waals surface area (Å²) >= 11 is 0. The van der Waals surface area contributed by atoms with Crippen molar-refractivity contribution in [3.05, 3.63) is 192 Å². The van der Waals surface area contributed by atoms with Gasteiger partial charge < -0.3 is 0 Å². The molecule has 0 bridgehead atoms. The van der Waals surface area contributed by atoms with E-state index in [9.17, 15) is 20.0 Å². The van der Waals surface area contributed by atoms with Crippen molar-refractivity contribution in [2.45, 2.75) is 49.6 Å². The molecule has 1 saturated carbocycles. The number of nitrogens with zero attached hydrogens (tertiary/aromatic N) is 2.